The minimum absolute atomic E-state index is 0.00962. The normalized spacial score (nSPS) is 18.1. The minimum Gasteiger partial charge on any atom is -0.339 e. The highest BCUT2D eigenvalue weighted by molar-refractivity contribution is 6.30. The molecule has 2 amide bonds. The van der Waals surface area contributed by atoms with Crippen LogP contribution in [0.3, 0.4) is 0 Å². The van der Waals surface area contributed by atoms with Crippen molar-refractivity contribution in [3.63, 3.8) is 0 Å². The van der Waals surface area contributed by atoms with E-state index in [4.69, 9.17) is 11.6 Å². The van der Waals surface area contributed by atoms with Crippen molar-refractivity contribution in [2.75, 3.05) is 26.2 Å². The van der Waals surface area contributed by atoms with E-state index < -0.39 is 0 Å². The lowest BCUT2D eigenvalue weighted by Crippen LogP contribution is -2.62. The number of halogens is 2. The van der Waals surface area contributed by atoms with E-state index in [1.165, 1.54) is 24.3 Å². The topological polar surface area (TPSA) is 40.6 Å². The Morgan fingerprint density at radius 2 is 1.55 bits per heavy atom. The van der Waals surface area contributed by atoms with Crippen molar-refractivity contribution in [1.82, 2.24) is 9.80 Å². The molecule has 0 unspecified atom stereocenters. The largest absolute Gasteiger partial charge is 0.339 e. The summed E-state index contributed by atoms with van der Waals surface area (Å²) in [6.45, 7) is 2.79. The quantitative estimate of drug-likeness (QED) is 0.707. The highest BCUT2D eigenvalue weighted by atomic mass is 35.5. The molecule has 1 spiro atoms. The monoisotopic (exact) mass is 412 g/mol. The van der Waals surface area contributed by atoms with Crippen molar-refractivity contribution in [2.45, 2.75) is 12.8 Å². The van der Waals surface area contributed by atoms with Gasteiger partial charge in [-0.1, -0.05) is 23.7 Å². The molecule has 2 aliphatic rings. The fourth-order valence-electron chi connectivity index (χ4n) is 4.04. The third-order valence-corrected chi connectivity index (χ3v) is 6.11. The van der Waals surface area contributed by atoms with Gasteiger partial charge in [-0.05, 0) is 60.9 Å². The maximum absolute atomic E-state index is 13.0. The van der Waals surface area contributed by atoms with Gasteiger partial charge in [0.1, 0.15) is 5.82 Å². The Labute approximate surface area is 174 Å². The number of carbonyl (C=O) groups is 2. The Hall–Kier alpha value is -2.66. The van der Waals surface area contributed by atoms with Gasteiger partial charge in [-0.15, -0.1) is 0 Å². The summed E-state index contributed by atoms with van der Waals surface area (Å²) < 4.78 is 13.0. The first kappa shape index (κ1) is 19.6. The van der Waals surface area contributed by atoms with Crippen molar-refractivity contribution < 1.29 is 14.0 Å². The molecule has 0 N–H and O–H groups in total. The van der Waals surface area contributed by atoms with Crippen LogP contribution in [0.15, 0.2) is 54.6 Å². The second kappa shape index (κ2) is 7.99. The summed E-state index contributed by atoms with van der Waals surface area (Å²) in [5.41, 5.74) is 1.56. The molecule has 2 aromatic carbocycles. The lowest BCUT2D eigenvalue weighted by molar-refractivity contribution is -0.140. The molecule has 2 heterocycles. The molecule has 2 saturated heterocycles. The molecule has 0 bridgehead atoms. The molecule has 0 atom stereocenters. The average Bonchev–Trinajstić information content (AvgIpc) is 2.71. The van der Waals surface area contributed by atoms with Crippen LogP contribution in [0.2, 0.25) is 5.02 Å². The number of nitrogens with zero attached hydrogens (tertiary/aromatic N) is 2. The van der Waals surface area contributed by atoms with Gasteiger partial charge in [0, 0.05) is 48.3 Å². The molecule has 150 valence electrons. The third-order valence-electron chi connectivity index (χ3n) is 5.86. The van der Waals surface area contributed by atoms with Crippen LogP contribution in [0, 0.1) is 11.2 Å². The van der Waals surface area contributed by atoms with Crippen LogP contribution in [-0.2, 0) is 4.79 Å². The van der Waals surface area contributed by atoms with Gasteiger partial charge in [-0.2, -0.15) is 0 Å². The molecule has 0 aromatic heterocycles. The SMILES string of the molecule is O=C(C=Cc1ccc(Cl)cc1)N1CC2(CCN(C(=O)c3ccc(F)cc3)CC2)C1. The second-order valence-corrected chi connectivity index (χ2v) is 8.31. The molecule has 0 saturated carbocycles. The molecular weight excluding hydrogens is 391 g/mol. The van der Waals surface area contributed by atoms with Gasteiger partial charge in [0.2, 0.25) is 5.91 Å². The average molecular weight is 413 g/mol. The standard InChI is InChI=1S/C23H22ClFN2O2/c24-19-6-1-17(2-7-19)3-10-21(28)27-15-23(16-27)11-13-26(14-12-23)22(29)18-4-8-20(25)9-5-18/h1-10H,11-16H2. The van der Waals surface area contributed by atoms with Crippen molar-refractivity contribution in [2.24, 2.45) is 5.41 Å². The zero-order chi connectivity index (χ0) is 20.4. The van der Waals surface area contributed by atoms with Crippen LogP contribution in [0.1, 0.15) is 28.8 Å². The van der Waals surface area contributed by atoms with Crippen LogP contribution < -0.4 is 0 Å². The number of likely N-dealkylation sites (tertiary alicyclic amines) is 2. The van der Waals surface area contributed by atoms with Crippen molar-refractivity contribution in [3.05, 3.63) is 76.6 Å². The van der Waals surface area contributed by atoms with E-state index in [1.807, 2.05) is 21.9 Å². The van der Waals surface area contributed by atoms with Crippen LogP contribution in [0.4, 0.5) is 4.39 Å². The van der Waals surface area contributed by atoms with Gasteiger partial charge in [0.15, 0.2) is 0 Å². The predicted molar refractivity (Wildman–Crippen MR) is 111 cm³/mol. The molecule has 4 rings (SSSR count). The first-order valence-corrected chi connectivity index (χ1v) is 10.1. The lowest BCUT2D eigenvalue weighted by Gasteiger charge is -2.53. The summed E-state index contributed by atoms with van der Waals surface area (Å²) in [5.74, 6) is -0.392. The molecule has 6 heteroatoms. The number of rotatable bonds is 3. The minimum atomic E-state index is -0.344. The fourth-order valence-corrected chi connectivity index (χ4v) is 4.17. The van der Waals surface area contributed by atoms with Gasteiger partial charge in [-0.3, -0.25) is 9.59 Å². The number of amides is 2. The molecule has 2 aromatic rings. The maximum atomic E-state index is 13.0. The van der Waals surface area contributed by atoms with E-state index in [0.29, 0.717) is 23.7 Å². The van der Waals surface area contributed by atoms with Gasteiger partial charge in [0.05, 0.1) is 0 Å². The summed E-state index contributed by atoms with van der Waals surface area (Å²) in [6.07, 6.45) is 5.16. The summed E-state index contributed by atoms with van der Waals surface area (Å²) in [4.78, 5) is 28.6. The Balaban J connectivity index is 1.27. The molecular formula is C23H22ClFN2O2. The zero-order valence-electron chi connectivity index (χ0n) is 16.0. The van der Waals surface area contributed by atoms with Crippen molar-refractivity contribution in [1.29, 1.82) is 0 Å². The van der Waals surface area contributed by atoms with Crippen LogP contribution in [0.25, 0.3) is 6.08 Å². The lowest BCUT2D eigenvalue weighted by atomic mass is 9.72. The Morgan fingerprint density at radius 3 is 2.17 bits per heavy atom. The van der Waals surface area contributed by atoms with Gasteiger partial charge >= 0.3 is 0 Å². The number of hydrogen-bond acceptors (Lipinski definition) is 2. The van der Waals surface area contributed by atoms with Gasteiger partial charge < -0.3 is 9.80 Å². The molecule has 0 radical (unpaired) electrons. The second-order valence-electron chi connectivity index (χ2n) is 7.88. The number of carbonyl (C=O) groups excluding carboxylic acids is 2. The number of benzene rings is 2. The van der Waals surface area contributed by atoms with E-state index in [2.05, 4.69) is 0 Å². The maximum Gasteiger partial charge on any atom is 0.253 e. The summed E-state index contributed by atoms with van der Waals surface area (Å²) >= 11 is 5.87. The molecule has 29 heavy (non-hydrogen) atoms. The Bertz CT molecular complexity index is 924. The van der Waals surface area contributed by atoms with Crippen LogP contribution >= 0.6 is 11.6 Å². The predicted octanol–water partition coefficient (Wildman–Crippen LogP) is 4.26. The van der Waals surface area contributed by atoms with E-state index in [0.717, 1.165) is 31.5 Å². The number of hydrogen-bond donors (Lipinski definition) is 0. The molecule has 2 aliphatic heterocycles. The van der Waals surface area contributed by atoms with Crippen molar-refractivity contribution in [3.8, 4) is 0 Å². The Morgan fingerprint density at radius 1 is 0.931 bits per heavy atom. The van der Waals surface area contributed by atoms with E-state index in [9.17, 15) is 14.0 Å². The molecule has 2 fully saturated rings. The smallest absolute Gasteiger partial charge is 0.253 e. The van der Waals surface area contributed by atoms with Gasteiger partial charge in [-0.25, -0.2) is 4.39 Å². The van der Waals surface area contributed by atoms with E-state index in [1.54, 1.807) is 24.3 Å². The van der Waals surface area contributed by atoms with Crippen LogP contribution in [0.5, 0.6) is 0 Å². The third kappa shape index (κ3) is 4.35. The Kier molecular flexibility index (Phi) is 5.41. The van der Waals surface area contributed by atoms with E-state index in [-0.39, 0.29) is 23.0 Å². The summed E-state index contributed by atoms with van der Waals surface area (Å²) in [6, 6.07) is 13.0. The van der Waals surface area contributed by atoms with Gasteiger partial charge in [0.25, 0.3) is 5.91 Å². The van der Waals surface area contributed by atoms with Crippen LogP contribution in [-0.4, -0.2) is 47.8 Å². The zero-order valence-corrected chi connectivity index (χ0v) is 16.7. The summed E-state index contributed by atoms with van der Waals surface area (Å²) in [5, 5.41) is 0.669. The first-order valence-electron chi connectivity index (χ1n) is 9.72. The highest BCUT2D eigenvalue weighted by Gasteiger charge is 2.46. The molecule has 0 aliphatic carbocycles. The fraction of sp³-hybridized carbons (Fsp3) is 0.304. The summed E-state index contributed by atoms with van der Waals surface area (Å²) in [7, 11) is 0. The molecule has 4 nitrogen and oxygen atoms in total. The first-order chi connectivity index (χ1) is 13.9. The van der Waals surface area contributed by atoms with Crippen molar-refractivity contribution >= 4 is 29.5 Å². The highest BCUT2D eigenvalue weighted by Crippen LogP contribution is 2.40. The number of piperidine rings is 1. The van der Waals surface area contributed by atoms with E-state index >= 15 is 0 Å².